The minimum Gasteiger partial charge on any atom is -0.481 e. The number of hydrogen-bond donors (Lipinski definition) is 3. The van der Waals surface area contributed by atoms with Crippen LogP contribution in [0.5, 0.6) is 0 Å². The molecule has 78 valence electrons. The van der Waals surface area contributed by atoms with Crippen molar-refractivity contribution in [3.8, 4) is 0 Å². The van der Waals surface area contributed by atoms with Crippen molar-refractivity contribution in [3.63, 3.8) is 0 Å². The second-order valence-electron chi connectivity index (χ2n) is 2.87. The number of carbonyl (C=O) groups is 1. The molecule has 5 heteroatoms. The van der Waals surface area contributed by atoms with Crippen molar-refractivity contribution in [2.45, 2.75) is 32.0 Å². The van der Waals surface area contributed by atoms with Gasteiger partial charge in [0.25, 0.3) is 5.97 Å². The standard InChI is InChI=1S/C6H12O3.C2H4O2/c7-4-6-3-5(8)1-2-9-6;1-2(3)4/h5-8H,1-4H2;1H3,(H,3,4). The highest BCUT2D eigenvalue weighted by molar-refractivity contribution is 5.62. The Morgan fingerprint density at radius 2 is 2.15 bits per heavy atom. The van der Waals surface area contributed by atoms with E-state index in [2.05, 4.69) is 0 Å². The maximum Gasteiger partial charge on any atom is 0.300 e. The first-order valence-electron chi connectivity index (χ1n) is 4.16. The van der Waals surface area contributed by atoms with Crippen LogP contribution in [0.1, 0.15) is 19.8 Å². The Morgan fingerprint density at radius 1 is 1.62 bits per heavy atom. The molecule has 2 unspecified atom stereocenters. The van der Waals surface area contributed by atoms with E-state index in [0.29, 0.717) is 19.4 Å². The van der Waals surface area contributed by atoms with Crippen LogP contribution in [0.3, 0.4) is 0 Å². The first-order chi connectivity index (χ1) is 6.06. The summed E-state index contributed by atoms with van der Waals surface area (Å²) in [6, 6.07) is 0. The van der Waals surface area contributed by atoms with E-state index >= 15 is 0 Å². The smallest absolute Gasteiger partial charge is 0.300 e. The van der Waals surface area contributed by atoms with Crippen molar-refractivity contribution >= 4 is 5.97 Å². The van der Waals surface area contributed by atoms with Gasteiger partial charge in [0.05, 0.1) is 18.8 Å². The fraction of sp³-hybridized carbons (Fsp3) is 0.875. The molecule has 0 radical (unpaired) electrons. The number of hydrogen-bond acceptors (Lipinski definition) is 4. The molecule has 1 saturated heterocycles. The normalized spacial score (nSPS) is 27.3. The summed E-state index contributed by atoms with van der Waals surface area (Å²) < 4.78 is 5.09. The van der Waals surface area contributed by atoms with E-state index in [1.807, 2.05) is 0 Å². The van der Waals surface area contributed by atoms with Crippen LogP contribution < -0.4 is 0 Å². The third kappa shape index (κ3) is 7.70. The Kier molecular flexibility index (Phi) is 6.48. The Balaban J connectivity index is 0.000000310. The van der Waals surface area contributed by atoms with Gasteiger partial charge >= 0.3 is 0 Å². The molecule has 0 aromatic carbocycles. The number of rotatable bonds is 1. The Bertz CT molecular complexity index is 143. The largest absolute Gasteiger partial charge is 0.481 e. The van der Waals surface area contributed by atoms with Crippen LogP contribution in [0.25, 0.3) is 0 Å². The van der Waals surface area contributed by atoms with Gasteiger partial charge in [-0.05, 0) is 6.42 Å². The van der Waals surface area contributed by atoms with Gasteiger partial charge in [-0.15, -0.1) is 0 Å². The van der Waals surface area contributed by atoms with E-state index in [1.54, 1.807) is 0 Å². The van der Waals surface area contributed by atoms with E-state index in [9.17, 15) is 0 Å². The molecule has 1 fully saturated rings. The van der Waals surface area contributed by atoms with E-state index in [1.165, 1.54) is 0 Å². The van der Waals surface area contributed by atoms with Gasteiger partial charge in [-0.3, -0.25) is 4.79 Å². The summed E-state index contributed by atoms with van der Waals surface area (Å²) in [5.74, 6) is -0.833. The van der Waals surface area contributed by atoms with Crippen LogP contribution in [-0.2, 0) is 9.53 Å². The van der Waals surface area contributed by atoms with Gasteiger partial charge < -0.3 is 20.1 Å². The highest BCUT2D eigenvalue weighted by Gasteiger charge is 2.19. The molecule has 0 aromatic heterocycles. The summed E-state index contributed by atoms with van der Waals surface area (Å²) >= 11 is 0. The zero-order valence-electron chi connectivity index (χ0n) is 7.64. The maximum absolute atomic E-state index is 9.02. The van der Waals surface area contributed by atoms with E-state index in [-0.39, 0.29) is 18.8 Å². The average molecular weight is 192 g/mol. The van der Waals surface area contributed by atoms with Gasteiger partial charge in [-0.1, -0.05) is 0 Å². The van der Waals surface area contributed by atoms with Gasteiger partial charge in [0, 0.05) is 20.0 Å². The molecular formula is C8H16O5. The molecule has 1 rings (SSSR count). The molecule has 0 aliphatic carbocycles. The molecule has 0 bridgehead atoms. The topological polar surface area (TPSA) is 87.0 Å². The third-order valence-electron chi connectivity index (χ3n) is 1.54. The van der Waals surface area contributed by atoms with Crippen molar-refractivity contribution in [3.05, 3.63) is 0 Å². The molecular weight excluding hydrogens is 176 g/mol. The molecule has 1 heterocycles. The molecule has 0 spiro atoms. The van der Waals surface area contributed by atoms with Gasteiger partial charge in [0.1, 0.15) is 0 Å². The number of carboxylic acids is 1. The summed E-state index contributed by atoms with van der Waals surface area (Å²) in [4.78, 5) is 9.00. The van der Waals surface area contributed by atoms with E-state index < -0.39 is 5.97 Å². The number of aliphatic hydroxyl groups excluding tert-OH is 2. The molecule has 5 nitrogen and oxygen atoms in total. The fourth-order valence-electron chi connectivity index (χ4n) is 0.987. The molecule has 0 amide bonds. The first kappa shape index (κ1) is 12.3. The van der Waals surface area contributed by atoms with Crippen molar-refractivity contribution in [1.82, 2.24) is 0 Å². The zero-order valence-corrected chi connectivity index (χ0v) is 7.64. The van der Waals surface area contributed by atoms with Crippen molar-refractivity contribution in [2.75, 3.05) is 13.2 Å². The predicted molar refractivity (Wildman–Crippen MR) is 45.4 cm³/mol. The molecule has 3 N–H and O–H groups in total. The quantitative estimate of drug-likeness (QED) is 0.526. The molecule has 13 heavy (non-hydrogen) atoms. The summed E-state index contributed by atoms with van der Waals surface area (Å²) in [5, 5.41) is 25.0. The lowest BCUT2D eigenvalue weighted by Gasteiger charge is -2.24. The molecule has 0 aromatic rings. The van der Waals surface area contributed by atoms with Crippen molar-refractivity contribution in [2.24, 2.45) is 0 Å². The zero-order chi connectivity index (χ0) is 10.3. The SMILES string of the molecule is CC(=O)O.OCC1CC(O)CCO1. The molecule has 1 aliphatic rings. The van der Waals surface area contributed by atoms with Crippen molar-refractivity contribution < 1.29 is 24.9 Å². The average Bonchev–Trinajstić information content (AvgIpc) is 2.03. The lowest BCUT2D eigenvalue weighted by Crippen LogP contribution is -2.31. The van der Waals surface area contributed by atoms with Crippen molar-refractivity contribution in [1.29, 1.82) is 0 Å². The van der Waals surface area contributed by atoms with Gasteiger partial charge in [0.2, 0.25) is 0 Å². The lowest BCUT2D eigenvalue weighted by molar-refractivity contribution is -0.134. The first-order valence-corrected chi connectivity index (χ1v) is 4.16. The van der Waals surface area contributed by atoms with Crippen LogP contribution in [0.2, 0.25) is 0 Å². The minimum atomic E-state index is -0.833. The molecule has 2 atom stereocenters. The van der Waals surface area contributed by atoms with Crippen LogP contribution in [0, 0.1) is 0 Å². The summed E-state index contributed by atoms with van der Waals surface area (Å²) in [6.07, 6.45) is 0.886. The Hall–Kier alpha value is -0.650. The predicted octanol–water partition coefficient (Wildman–Crippen LogP) is -0.391. The van der Waals surface area contributed by atoms with Crippen LogP contribution >= 0.6 is 0 Å². The monoisotopic (exact) mass is 192 g/mol. The van der Waals surface area contributed by atoms with E-state index in [4.69, 9.17) is 24.9 Å². The lowest BCUT2D eigenvalue weighted by atomic mass is 10.1. The van der Waals surface area contributed by atoms with Crippen LogP contribution in [0.4, 0.5) is 0 Å². The fourth-order valence-corrected chi connectivity index (χ4v) is 0.987. The molecule has 0 saturated carbocycles. The summed E-state index contributed by atoms with van der Waals surface area (Å²) in [7, 11) is 0. The van der Waals surface area contributed by atoms with Crippen LogP contribution in [-0.4, -0.2) is 46.7 Å². The Labute approximate surface area is 77.0 Å². The van der Waals surface area contributed by atoms with Crippen LogP contribution in [0.15, 0.2) is 0 Å². The number of carboxylic acid groups (broad SMARTS) is 1. The second-order valence-corrected chi connectivity index (χ2v) is 2.87. The number of aliphatic hydroxyl groups is 2. The van der Waals surface area contributed by atoms with E-state index in [0.717, 1.165) is 6.92 Å². The second kappa shape index (κ2) is 6.82. The minimum absolute atomic E-state index is 0.0249. The molecule has 1 aliphatic heterocycles. The highest BCUT2D eigenvalue weighted by atomic mass is 16.5. The maximum atomic E-state index is 9.02. The number of ether oxygens (including phenoxy) is 1. The summed E-state index contributed by atoms with van der Waals surface area (Å²) in [5.41, 5.74) is 0. The number of aliphatic carboxylic acids is 1. The third-order valence-corrected chi connectivity index (χ3v) is 1.54. The Morgan fingerprint density at radius 3 is 2.46 bits per heavy atom. The van der Waals surface area contributed by atoms with Gasteiger partial charge in [-0.25, -0.2) is 0 Å². The summed E-state index contributed by atoms with van der Waals surface area (Å²) in [6.45, 7) is 1.68. The highest BCUT2D eigenvalue weighted by Crippen LogP contribution is 2.12. The van der Waals surface area contributed by atoms with Gasteiger partial charge in [0.15, 0.2) is 0 Å². The van der Waals surface area contributed by atoms with Gasteiger partial charge in [-0.2, -0.15) is 0 Å².